The molecule has 1 aromatic rings. The van der Waals surface area contributed by atoms with Crippen molar-refractivity contribution >= 4 is 22.7 Å². The number of nitrogen functional groups attached to an aromatic ring is 1. The molecule has 0 aliphatic heterocycles. The summed E-state index contributed by atoms with van der Waals surface area (Å²) < 4.78 is 0. The first-order valence-corrected chi connectivity index (χ1v) is 4.26. The molecule has 0 fully saturated rings. The maximum atomic E-state index is 11.0. The number of carbonyl (C=O) groups is 1. The van der Waals surface area contributed by atoms with E-state index in [0.29, 0.717) is 11.4 Å². The molecule has 0 bridgehead atoms. The Morgan fingerprint density at radius 3 is 2.82 bits per heavy atom. The highest BCUT2D eigenvalue weighted by Gasteiger charge is 2.02. The van der Waals surface area contributed by atoms with Gasteiger partial charge in [-0.25, -0.2) is 4.98 Å². The van der Waals surface area contributed by atoms with Gasteiger partial charge in [0.2, 0.25) is 5.12 Å². The Morgan fingerprint density at radius 1 is 1.64 bits per heavy atom. The quantitative estimate of drug-likeness (QED) is 0.683. The summed E-state index contributed by atoms with van der Waals surface area (Å²) in [7, 11) is 0. The van der Waals surface area contributed by atoms with Gasteiger partial charge >= 0.3 is 0 Å². The average Bonchev–Trinajstić information content (AvgIpc) is 2.05. The van der Waals surface area contributed by atoms with Gasteiger partial charge in [0.15, 0.2) is 0 Å². The minimum atomic E-state index is 0.0116. The first-order chi connectivity index (χ1) is 5.24. The zero-order valence-electron chi connectivity index (χ0n) is 6.07. The predicted molar refractivity (Wildman–Crippen MR) is 46.5 cm³/mol. The summed E-state index contributed by atoms with van der Waals surface area (Å²) in [5.41, 5.74) is 5.93. The number of carbonyl (C=O) groups excluding carboxylic acids is 1. The number of rotatable bonds is 1. The predicted octanol–water partition coefficient (Wildman–Crippen LogP) is 1.17. The molecule has 4 heteroatoms. The van der Waals surface area contributed by atoms with Gasteiger partial charge < -0.3 is 5.73 Å². The van der Waals surface area contributed by atoms with Gasteiger partial charge in [-0.1, -0.05) is 11.8 Å². The molecule has 1 rings (SSSR count). The molecule has 0 aliphatic carbocycles. The molecule has 0 spiro atoms. The number of anilines is 1. The van der Waals surface area contributed by atoms with Crippen LogP contribution in [0, 0.1) is 0 Å². The van der Waals surface area contributed by atoms with Gasteiger partial charge in [-0.15, -0.1) is 0 Å². The Balaban J connectivity index is 2.90. The highest BCUT2D eigenvalue weighted by molar-refractivity contribution is 8.13. The molecule has 2 N–H and O–H groups in total. The molecule has 0 aliphatic rings. The summed E-state index contributed by atoms with van der Waals surface area (Å²) in [4.78, 5) is 14.8. The number of hydrogen-bond donors (Lipinski definition) is 1. The van der Waals surface area contributed by atoms with Crippen molar-refractivity contribution in [3.05, 3.63) is 23.9 Å². The van der Waals surface area contributed by atoms with Gasteiger partial charge in [0.05, 0.1) is 0 Å². The van der Waals surface area contributed by atoms with E-state index in [2.05, 4.69) is 4.98 Å². The van der Waals surface area contributed by atoms with E-state index in [9.17, 15) is 4.79 Å². The molecule has 0 saturated carbocycles. The molecule has 0 amide bonds. The van der Waals surface area contributed by atoms with E-state index < -0.39 is 0 Å². The standard InChI is InChI=1S/C7H8N2OS/c1-11-7(10)5-2-3-6(8)9-4-5/h2-4H,1H3,(H2,8,9). The summed E-state index contributed by atoms with van der Waals surface area (Å²) in [5.74, 6) is 0.433. The lowest BCUT2D eigenvalue weighted by Gasteiger charge is -1.95. The van der Waals surface area contributed by atoms with Crippen LogP contribution in [0.3, 0.4) is 0 Å². The van der Waals surface area contributed by atoms with E-state index >= 15 is 0 Å². The van der Waals surface area contributed by atoms with Crippen LogP contribution < -0.4 is 5.73 Å². The monoisotopic (exact) mass is 168 g/mol. The molecule has 3 nitrogen and oxygen atoms in total. The van der Waals surface area contributed by atoms with Crippen molar-refractivity contribution in [1.82, 2.24) is 4.98 Å². The van der Waals surface area contributed by atoms with Gasteiger partial charge in [0, 0.05) is 11.8 Å². The number of nitrogens with two attached hydrogens (primary N) is 1. The van der Waals surface area contributed by atoms with Crippen molar-refractivity contribution in [2.75, 3.05) is 12.0 Å². The smallest absolute Gasteiger partial charge is 0.220 e. The van der Waals surface area contributed by atoms with Crippen molar-refractivity contribution in [1.29, 1.82) is 0 Å². The fourth-order valence-corrected chi connectivity index (χ4v) is 1.00. The number of nitrogens with zero attached hydrogens (tertiary/aromatic N) is 1. The van der Waals surface area contributed by atoms with Gasteiger partial charge in [-0.05, 0) is 18.4 Å². The fourth-order valence-electron chi connectivity index (χ4n) is 0.644. The maximum Gasteiger partial charge on any atom is 0.220 e. The number of hydrogen-bond acceptors (Lipinski definition) is 4. The van der Waals surface area contributed by atoms with Crippen molar-refractivity contribution in [2.45, 2.75) is 0 Å². The molecular weight excluding hydrogens is 160 g/mol. The second kappa shape index (κ2) is 3.39. The van der Waals surface area contributed by atoms with Crippen molar-refractivity contribution in [2.24, 2.45) is 0 Å². The van der Waals surface area contributed by atoms with Crippen LogP contribution >= 0.6 is 11.8 Å². The van der Waals surface area contributed by atoms with Crippen LogP contribution in [0.1, 0.15) is 10.4 Å². The lowest BCUT2D eigenvalue weighted by Crippen LogP contribution is -1.95. The van der Waals surface area contributed by atoms with Crippen molar-refractivity contribution < 1.29 is 4.79 Å². The summed E-state index contributed by atoms with van der Waals surface area (Å²) in [5, 5.41) is 0.0116. The molecule has 0 radical (unpaired) electrons. The van der Waals surface area contributed by atoms with E-state index in [4.69, 9.17) is 5.73 Å². The lowest BCUT2D eigenvalue weighted by atomic mass is 10.3. The molecule has 0 saturated heterocycles. The van der Waals surface area contributed by atoms with Crippen molar-refractivity contribution in [3.63, 3.8) is 0 Å². The second-order valence-corrected chi connectivity index (χ2v) is 2.74. The molecule has 1 aromatic heterocycles. The average molecular weight is 168 g/mol. The van der Waals surface area contributed by atoms with Gasteiger partial charge in [-0.3, -0.25) is 4.79 Å². The Bertz CT molecular complexity index is 258. The van der Waals surface area contributed by atoms with E-state index in [1.807, 2.05) is 0 Å². The van der Waals surface area contributed by atoms with Crippen LogP contribution in [0.15, 0.2) is 18.3 Å². The Morgan fingerprint density at radius 2 is 2.36 bits per heavy atom. The summed E-state index contributed by atoms with van der Waals surface area (Å²) in [6.07, 6.45) is 3.22. The Hall–Kier alpha value is -1.03. The van der Waals surface area contributed by atoms with Gasteiger partial charge in [0.25, 0.3) is 0 Å². The third-order valence-corrected chi connectivity index (χ3v) is 1.81. The van der Waals surface area contributed by atoms with Crippen LogP contribution in [-0.2, 0) is 0 Å². The number of aromatic nitrogens is 1. The second-order valence-electron chi connectivity index (χ2n) is 1.96. The van der Waals surface area contributed by atoms with Crippen LogP contribution in [0.5, 0.6) is 0 Å². The van der Waals surface area contributed by atoms with Gasteiger partial charge in [-0.2, -0.15) is 0 Å². The first kappa shape index (κ1) is 8.07. The minimum absolute atomic E-state index is 0.0116. The lowest BCUT2D eigenvalue weighted by molar-refractivity contribution is 0.108. The summed E-state index contributed by atoms with van der Waals surface area (Å²) >= 11 is 1.16. The SMILES string of the molecule is CSC(=O)c1ccc(N)nc1. The normalized spacial score (nSPS) is 9.55. The van der Waals surface area contributed by atoms with E-state index in [1.165, 1.54) is 6.20 Å². The van der Waals surface area contributed by atoms with Crippen LogP contribution in [0.2, 0.25) is 0 Å². The maximum absolute atomic E-state index is 11.0. The third-order valence-electron chi connectivity index (χ3n) is 1.21. The number of pyridine rings is 1. The first-order valence-electron chi connectivity index (χ1n) is 3.04. The van der Waals surface area contributed by atoms with Crippen molar-refractivity contribution in [3.8, 4) is 0 Å². The highest BCUT2D eigenvalue weighted by atomic mass is 32.2. The van der Waals surface area contributed by atoms with E-state index in [-0.39, 0.29) is 5.12 Å². The third kappa shape index (κ3) is 1.94. The van der Waals surface area contributed by atoms with Crippen LogP contribution in [-0.4, -0.2) is 16.4 Å². The number of thioether (sulfide) groups is 1. The molecule has 11 heavy (non-hydrogen) atoms. The zero-order chi connectivity index (χ0) is 8.27. The van der Waals surface area contributed by atoms with Crippen LogP contribution in [0.25, 0.3) is 0 Å². The minimum Gasteiger partial charge on any atom is -0.384 e. The molecule has 1 heterocycles. The molecule has 0 aromatic carbocycles. The topological polar surface area (TPSA) is 56.0 Å². The zero-order valence-corrected chi connectivity index (χ0v) is 6.89. The fraction of sp³-hybridized carbons (Fsp3) is 0.143. The Kier molecular flexibility index (Phi) is 2.48. The van der Waals surface area contributed by atoms with Gasteiger partial charge in [0.1, 0.15) is 5.82 Å². The largest absolute Gasteiger partial charge is 0.384 e. The molecule has 58 valence electrons. The molecular formula is C7H8N2OS. The molecule has 0 unspecified atom stereocenters. The highest BCUT2D eigenvalue weighted by Crippen LogP contribution is 2.08. The summed E-state index contributed by atoms with van der Waals surface area (Å²) in [6.45, 7) is 0. The van der Waals surface area contributed by atoms with Crippen LogP contribution in [0.4, 0.5) is 5.82 Å². The molecule has 0 atom stereocenters. The van der Waals surface area contributed by atoms with E-state index in [1.54, 1.807) is 18.4 Å². The Labute approximate surface area is 69.0 Å². The van der Waals surface area contributed by atoms with E-state index in [0.717, 1.165) is 11.8 Å². The summed E-state index contributed by atoms with van der Waals surface area (Å²) in [6, 6.07) is 3.28.